The van der Waals surface area contributed by atoms with Gasteiger partial charge < -0.3 is 13.6 Å². The number of hydrogen-bond acceptors (Lipinski definition) is 3. The van der Waals surface area contributed by atoms with Gasteiger partial charge in [-0.05, 0) is 91.4 Å². The summed E-state index contributed by atoms with van der Waals surface area (Å²) in [7, 11) is -2.62. The van der Waals surface area contributed by atoms with Crippen molar-refractivity contribution in [2.75, 3.05) is 6.61 Å². The van der Waals surface area contributed by atoms with Crippen LogP contribution in [0.5, 0.6) is 0 Å². The number of aldehydes is 1. The highest BCUT2D eigenvalue weighted by atomic mass is 28.4. The lowest BCUT2D eigenvalue weighted by Crippen LogP contribution is -2.66. The second-order valence-electron chi connectivity index (χ2n) is 12.4. The van der Waals surface area contributed by atoms with Crippen LogP contribution in [0.15, 0.2) is 119 Å². The van der Waals surface area contributed by atoms with Gasteiger partial charge in [0.2, 0.25) is 0 Å². The highest BCUT2D eigenvalue weighted by Crippen LogP contribution is 2.37. The first kappa shape index (κ1) is 33.3. The van der Waals surface area contributed by atoms with Gasteiger partial charge in [0.1, 0.15) is 6.29 Å². The minimum absolute atomic E-state index is 0.0728. The van der Waals surface area contributed by atoms with Crippen LogP contribution >= 0.6 is 0 Å². The number of allylic oxidation sites excluding steroid dienone is 5. The van der Waals surface area contributed by atoms with Crippen LogP contribution in [-0.4, -0.2) is 21.2 Å². The first-order valence-corrected chi connectivity index (χ1v) is 17.4. The summed E-state index contributed by atoms with van der Waals surface area (Å²) in [6.45, 7) is 11.9. The standard InChI is InChI=1S/C38H50O3Si/c1-32(16-12-17-33(2)19-14-21-35-27-29-40-30-35)18-13-20-34(22-15-28-39)31-41-42(38(3,4)5,36-23-8-6-9-24-36)37-25-10-7-11-26-37/h6-11,16,19-20,23-30H,12-15,17-18,21-22,31H2,1-5H3/b32-16+,33-19+,34-20-. The summed E-state index contributed by atoms with van der Waals surface area (Å²) in [5.41, 5.74) is 5.34. The number of hydrogen-bond donors (Lipinski definition) is 0. The van der Waals surface area contributed by atoms with Crippen LogP contribution in [0.2, 0.25) is 5.04 Å². The topological polar surface area (TPSA) is 39.4 Å². The Morgan fingerprint density at radius 1 is 0.762 bits per heavy atom. The van der Waals surface area contributed by atoms with Crippen molar-refractivity contribution in [1.82, 2.24) is 0 Å². The number of aryl methyl sites for hydroxylation is 1. The molecule has 0 saturated heterocycles. The van der Waals surface area contributed by atoms with Gasteiger partial charge in [-0.15, -0.1) is 0 Å². The zero-order chi connectivity index (χ0) is 30.3. The lowest BCUT2D eigenvalue weighted by molar-refractivity contribution is -0.107. The van der Waals surface area contributed by atoms with Crippen LogP contribution in [0.25, 0.3) is 0 Å². The molecule has 42 heavy (non-hydrogen) atoms. The van der Waals surface area contributed by atoms with Gasteiger partial charge >= 0.3 is 0 Å². The number of carbonyl (C=O) groups is 1. The Hall–Kier alpha value is -3.21. The molecule has 2 aromatic carbocycles. The molecule has 1 heterocycles. The Bertz CT molecular complexity index is 1240. The largest absolute Gasteiger partial charge is 0.472 e. The predicted octanol–water partition coefficient (Wildman–Crippen LogP) is 9.15. The Labute approximate surface area is 255 Å². The maximum absolute atomic E-state index is 11.3. The molecule has 3 aromatic rings. The summed E-state index contributed by atoms with van der Waals surface area (Å²) >= 11 is 0. The van der Waals surface area contributed by atoms with Crippen molar-refractivity contribution < 1.29 is 13.6 Å². The summed E-state index contributed by atoms with van der Waals surface area (Å²) in [6.07, 6.45) is 19.1. The van der Waals surface area contributed by atoms with E-state index in [1.807, 2.05) is 12.3 Å². The average Bonchev–Trinajstić information content (AvgIpc) is 3.50. The Morgan fingerprint density at radius 2 is 1.33 bits per heavy atom. The minimum Gasteiger partial charge on any atom is -0.472 e. The van der Waals surface area contributed by atoms with Crippen LogP contribution in [-0.2, 0) is 15.6 Å². The maximum Gasteiger partial charge on any atom is 0.261 e. The second-order valence-corrected chi connectivity index (χ2v) is 16.7. The fourth-order valence-electron chi connectivity index (χ4n) is 5.61. The molecule has 0 atom stereocenters. The Balaban J connectivity index is 1.65. The van der Waals surface area contributed by atoms with Gasteiger partial charge in [-0.2, -0.15) is 0 Å². The molecule has 1 aromatic heterocycles. The predicted molar refractivity (Wildman–Crippen MR) is 180 cm³/mol. The summed E-state index contributed by atoms with van der Waals surface area (Å²) in [6, 6.07) is 23.6. The molecule has 0 unspecified atom stereocenters. The summed E-state index contributed by atoms with van der Waals surface area (Å²) < 4.78 is 12.3. The van der Waals surface area contributed by atoms with E-state index in [-0.39, 0.29) is 5.04 Å². The molecular weight excluding hydrogens is 533 g/mol. The van der Waals surface area contributed by atoms with Gasteiger partial charge in [-0.1, -0.05) is 111 Å². The molecule has 0 aliphatic carbocycles. The van der Waals surface area contributed by atoms with E-state index in [0.717, 1.165) is 51.2 Å². The number of furan rings is 1. The normalized spacial score (nSPS) is 13.4. The zero-order valence-electron chi connectivity index (χ0n) is 26.4. The molecule has 3 nitrogen and oxygen atoms in total. The van der Waals surface area contributed by atoms with Crippen molar-refractivity contribution in [3.05, 3.63) is 120 Å². The van der Waals surface area contributed by atoms with Crippen molar-refractivity contribution in [2.45, 2.75) is 91.0 Å². The lowest BCUT2D eigenvalue weighted by Gasteiger charge is -2.43. The van der Waals surface area contributed by atoms with Gasteiger partial charge in [-0.25, -0.2) is 0 Å². The molecule has 0 amide bonds. The molecule has 0 radical (unpaired) electrons. The molecule has 0 fully saturated rings. The molecule has 4 heteroatoms. The maximum atomic E-state index is 11.3. The second kappa shape index (κ2) is 17.0. The van der Waals surface area contributed by atoms with E-state index in [1.54, 1.807) is 6.26 Å². The third-order valence-corrected chi connectivity index (χ3v) is 13.0. The van der Waals surface area contributed by atoms with Crippen molar-refractivity contribution in [3.63, 3.8) is 0 Å². The molecule has 224 valence electrons. The van der Waals surface area contributed by atoms with Crippen molar-refractivity contribution in [1.29, 1.82) is 0 Å². The smallest absolute Gasteiger partial charge is 0.261 e. The third kappa shape index (κ3) is 9.96. The van der Waals surface area contributed by atoms with E-state index in [9.17, 15) is 4.79 Å². The van der Waals surface area contributed by atoms with E-state index in [4.69, 9.17) is 8.84 Å². The van der Waals surface area contributed by atoms with Crippen molar-refractivity contribution in [2.24, 2.45) is 0 Å². The molecule has 0 bridgehead atoms. The Kier molecular flexibility index (Phi) is 13.5. The highest BCUT2D eigenvalue weighted by molar-refractivity contribution is 6.99. The van der Waals surface area contributed by atoms with Crippen LogP contribution in [0.3, 0.4) is 0 Å². The van der Waals surface area contributed by atoms with Crippen molar-refractivity contribution in [3.8, 4) is 0 Å². The molecule has 0 aliphatic rings. The fourth-order valence-corrected chi connectivity index (χ4v) is 10.2. The van der Waals surface area contributed by atoms with Gasteiger partial charge in [0, 0.05) is 6.42 Å². The van der Waals surface area contributed by atoms with Gasteiger partial charge in [0.05, 0.1) is 19.1 Å². The third-order valence-electron chi connectivity index (χ3n) is 7.98. The van der Waals surface area contributed by atoms with Gasteiger partial charge in [-0.3, -0.25) is 0 Å². The molecule has 3 rings (SSSR count). The number of benzene rings is 2. The monoisotopic (exact) mass is 582 g/mol. The molecule has 0 aliphatic heterocycles. The summed E-state index contributed by atoms with van der Waals surface area (Å²) in [5, 5.41) is 2.49. The van der Waals surface area contributed by atoms with Crippen LogP contribution in [0.4, 0.5) is 0 Å². The molecular formula is C38H50O3Si. The fraction of sp³-hybridized carbons (Fsp3) is 0.395. The van der Waals surface area contributed by atoms with E-state index >= 15 is 0 Å². The zero-order valence-corrected chi connectivity index (χ0v) is 27.4. The minimum atomic E-state index is -2.62. The highest BCUT2D eigenvalue weighted by Gasteiger charge is 2.50. The SMILES string of the molecule is C/C(=C\CC/C(C)=C/CCc1ccoc1)CC/C=C(/CCC=O)CO[Si](c1ccccc1)(c1ccccc1)C(C)(C)C. The first-order chi connectivity index (χ1) is 20.3. The average molecular weight is 583 g/mol. The number of carbonyl (C=O) groups excluding carboxylic acids is 1. The van der Waals surface area contributed by atoms with Crippen molar-refractivity contribution >= 4 is 25.0 Å². The van der Waals surface area contributed by atoms with Gasteiger partial charge in [0.25, 0.3) is 8.32 Å². The summed E-state index contributed by atoms with van der Waals surface area (Å²) in [5.74, 6) is 0. The van der Waals surface area contributed by atoms with E-state index in [0.29, 0.717) is 13.0 Å². The molecule has 0 saturated carbocycles. The Morgan fingerprint density at radius 3 is 1.86 bits per heavy atom. The first-order valence-electron chi connectivity index (χ1n) is 15.4. The quantitative estimate of drug-likeness (QED) is 0.0905. The number of rotatable bonds is 17. The molecule has 0 spiro atoms. The lowest BCUT2D eigenvalue weighted by atomic mass is 10.0. The van der Waals surface area contributed by atoms with Gasteiger partial charge in [0.15, 0.2) is 0 Å². The van der Waals surface area contributed by atoms with E-state index in [2.05, 4.69) is 114 Å². The van der Waals surface area contributed by atoms with E-state index in [1.165, 1.54) is 32.7 Å². The summed E-state index contributed by atoms with van der Waals surface area (Å²) in [4.78, 5) is 11.3. The van der Waals surface area contributed by atoms with Crippen LogP contribution in [0, 0.1) is 0 Å². The van der Waals surface area contributed by atoms with Crippen LogP contribution < -0.4 is 10.4 Å². The van der Waals surface area contributed by atoms with Crippen LogP contribution in [0.1, 0.15) is 85.1 Å². The van der Waals surface area contributed by atoms with E-state index < -0.39 is 8.32 Å². The molecule has 0 N–H and O–H groups in total.